The van der Waals surface area contributed by atoms with Crippen LogP contribution >= 0.6 is 0 Å². The molecule has 1 atom stereocenters. The maximum atomic E-state index is 13.8. The third kappa shape index (κ3) is 8.16. The summed E-state index contributed by atoms with van der Waals surface area (Å²) in [5, 5.41) is 2.88. The number of hydrogen-bond acceptors (Lipinski definition) is 5. The highest BCUT2D eigenvalue weighted by Gasteiger charge is 2.33. The topological polar surface area (TPSA) is 99.3 Å². The lowest BCUT2D eigenvalue weighted by Crippen LogP contribution is -2.53. The smallest absolute Gasteiger partial charge is 0.304 e. The molecule has 0 heterocycles. The molecular weight excluding hydrogens is 499 g/mol. The number of nitrogens with zero attached hydrogens (tertiary/aromatic N) is 3. The average molecular weight is 537 g/mol. The fourth-order valence-electron chi connectivity index (χ4n) is 3.59. The van der Waals surface area contributed by atoms with E-state index in [0.29, 0.717) is 18.7 Å². The Labute approximate surface area is 219 Å². The maximum absolute atomic E-state index is 13.8. The Morgan fingerprint density at radius 2 is 1.62 bits per heavy atom. The van der Waals surface area contributed by atoms with Crippen molar-refractivity contribution in [2.75, 3.05) is 38.6 Å². The van der Waals surface area contributed by atoms with E-state index in [1.807, 2.05) is 13.8 Å². The zero-order chi connectivity index (χ0) is 27.8. The van der Waals surface area contributed by atoms with Crippen molar-refractivity contribution in [1.29, 1.82) is 0 Å². The fraction of sp³-hybridized carbons (Fsp3) is 0.462. The lowest BCUT2D eigenvalue weighted by molar-refractivity contribution is -0.140. The molecule has 2 rings (SSSR count). The molecule has 0 aromatic heterocycles. The zero-order valence-corrected chi connectivity index (χ0v) is 23.1. The summed E-state index contributed by atoms with van der Waals surface area (Å²) in [5.41, 5.74) is 0.873. The maximum Gasteiger partial charge on any atom is 0.304 e. The van der Waals surface area contributed by atoms with Crippen molar-refractivity contribution in [3.63, 3.8) is 0 Å². The Hall–Kier alpha value is -3.18. The van der Waals surface area contributed by atoms with Crippen molar-refractivity contribution in [1.82, 2.24) is 14.5 Å². The first-order chi connectivity index (χ1) is 17.4. The number of carbonyl (C=O) groups excluding carboxylic acids is 2. The SMILES string of the molecule is CC[C@@H](C(=O)NCC(C)C)N(Cc1ccc(OC)cc1)C(=O)CN(c1ccc(F)cc1)S(=O)(=O)N(C)C. The standard InChI is InChI=1S/C26H37FN4O5S/c1-7-24(26(33)28-16-19(2)3)30(17-20-8-14-23(36-6)15-9-20)25(32)18-31(37(34,35)29(4)5)22-12-10-21(27)11-13-22/h8-15,19,24H,7,16-18H2,1-6H3,(H,28,33)/t24-/m0/s1. The normalized spacial score (nSPS) is 12.4. The molecule has 0 saturated heterocycles. The summed E-state index contributed by atoms with van der Waals surface area (Å²) < 4.78 is 46.9. The monoisotopic (exact) mass is 536 g/mol. The predicted octanol–water partition coefficient (Wildman–Crippen LogP) is 3.03. The second kappa shape index (κ2) is 13.4. The lowest BCUT2D eigenvalue weighted by Gasteiger charge is -2.34. The van der Waals surface area contributed by atoms with Crippen molar-refractivity contribution < 1.29 is 27.1 Å². The van der Waals surface area contributed by atoms with Crippen LogP contribution in [0, 0.1) is 11.7 Å². The van der Waals surface area contributed by atoms with E-state index in [2.05, 4.69) is 5.32 Å². The van der Waals surface area contributed by atoms with Crippen molar-refractivity contribution in [2.24, 2.45) is 5.92 Å². The van der Waals surface area contributed by atoms with Crippen molar-refractivity contribution in [3.05, 3.63) is 59.9 Å². The Bertz CT molecular complexity index is 1140. The number of rotatable bonds is 13. The number of benzene rings is 2. The molecule has 0 bridgehead atoms. The van der Waals surface area contributed by atoms with Gasteiger partial charge in [0.05, 0.1) is 12.8 Å². The Morgan fingerprint density at radius 3 is 2.11 bits per heavy atom. The quantitative estimate of drug-likeness (QED) is 0.424. The molecule has 37 heavy (non-hydrogen) atoms. The molecule has 11 heteroatoms. The van der Waals surface area contributed by atoms with Crippen LogP contribution in [-0.2, 0) is 26.3 Å². The molecular formula is C26H37FN4O5S. The number of nitrogens with one attached hydrogen (secondary N) is 1. The van der Waals surface area contributed by atoms with E-state index in [4.69, 9.17) is 4.74 Å². The minimum atomic E-state index is -4.11. The van der Waals surface area contributed by atoms with Gasteiger partial charge in [-0.05, 0) is 54.3 Å². The van der Waals surface area contributed by atoms with E-state index in [1.54, 1.807) is 38.3 Å². The number of ether oxygens (including phenoxy) is 1. The molecule has 0 radical (unpaired) electrons. The average Bonchev–Trinajstić information content (AvgIpc) is 2.86. The van der Waals surface area contributed by atoms with Crippen molar-refractivity contribution >= 4 is 27.7 Å². The molecule has 0 aliphatic rings. The molecule has 204 valence electrons. The molecule has 0 saturated carbocycles. The third-order valence-corrected chi connectivity index (χ3v) is 7.54. The Kier molecular flexibility index (Phi) is 10.9. The van der Waals surface area contributed by atoms with Gasteiger partial charge in [-0.2, -0.15) is 12.7 Å². The summed E-state index contributed by atoms with van der Waals surface area (Å²) in [6.45, 7) is 5.67. The third-order valence-electron chi connectivity index (χ3n) is 5.72. The van der Waals surface area contributed by atoms with Crippen LogP contribution in [-0.4, -0.2) is 69.8 Å². The molecule has 1 N–H and O–H groups in total. The van der Waals surface area contributed by atoms with Crippen LogP contribution in [0.3, 0.4) is 0 Å². The van der Waals surface area contributed by atoms with Crippen LogP contribution in [0.25, 0.3) is 0 Å². The van der Waals surface area contributed by atoms with Gasteiger partial charge in [0, 0.05) is 27.2 Å². The molecule has 0 aliphatic carbocycles. The summed E-state index contributed by atoms with van der Waals surface area (Å²) in [4.78, 5) is 28.3. The molecule has 0 aliphatic heterocycles. The van der Waals surface area contributed by atoms with Crippen LogP contribution in [0.1, 0.15) is 32.8 Å². The van der Waals surface area contributed by atoms with Crippen molar-refractivity contribution in [2.45, 2.75) is 39.8 Å². The van der Waals surface area contributed by atoms with Crippen LogP contribution in [0.4, 0.5) is 10.1 Å². The molecule has 0 unspecified atom stereocenters. The van der Waals surface area contributed by atoms with Crippen molar-refractivity contribution in [3.8, 4) is 5.75 Å². The van der Waals surface area contributed by atoms with Gasteiger partial charge >= 0.3 is 10.2 Å². The molecule has 0 spiro atoms. The van der Waals surface area contributed by atoms with Crippen LogP contribution in [0.2, 0.25) is 0 Å². The first-order valence-electron chi connectivity index (χ1n) is 12.1. The van der Waals surface area contributed by atoms with Gasteiger partial charge in [-0.1, -0.05) is 32.9 Å². The minimum Gasteiger partial charge on any atom is -0.497 e. The first kappa shape index (κ1) is 30.0. The minimum absolute atomic E-state index is 0.0791. The summed E-state index contributed by atoms with van der Waals surface area (Å²) in [6, 6.07) is 11.1. The van der Waals surface area contributed by atoms with E-state index in [0.717, 1.165) is 26.3 Å². The highest BCUT2D eigenvalue weighted by molar-refractivity contribution is 7.90. The number of halogens is 1. The second-order valence-corrected chi connectivity index (χ2v) is 11.3. The van der Waals surface area contributed by atoms with Gasteiger partial charge in [0.25, 0.3) is 0 Å². The van der Waals surface area contributed by atoms with Gasteiger partial charge in [-0.25, -0.2) is 8.70 Å². The van der Waals surface area contributed by atoms with Gasteiger partial charge in [-0.3, -0.25) is 9.59 Å². The number of amides is 2. The summed E-state index contributed by atoms with van der Waals surface area (Å²) >= 11 is 0. The van der Waals surface area contributed by atoms with E-state index >= 15 is 0 Å². The summed E-state index contributed by atoms with van der Waals surface area (Å²) in [7, 11) is 0.132. The number of hydrogen-bond donors (Lipinski definition) is 1. The van der Waals surface area contributed by atoms with Gasteiger partial charge < -0.3 is 15.0 Å². The van der Waals surface area contributed by atoms with Gasteiger partial charge in [-0.15, -0.1) is 0 Å². The van der Waals surface area contributed by atoms with Crippen LogP contribution < -0.4 is 14.4 Å². The summed E-state index contributed by atoms with van der Waals surface area (Å²) in [6.07, 6.45) is 0.322. The van der Waals surface area contributed by atoms with Crippen LogP contribution in [0.15, 0.2) is 48.5 Å². The summed E-state index contributed by atoms with van der Waals surface area (Å²) in [5.74, 6) is -0.570. The predicted molar refractivity (Wildman–Crippen MR) is 142 cm³/mol. The van der Waals surface area contributed by atoms with Gasteiger partial charge in [0.1, 0.15) is 24.2 Å². The Balaban J connectivity index is 2.47. The van der Waals surface area contributed by atoms with Crippen LogP contribution in [0.5, 0.6) is 5.75 Å². The first-order valence-corrected chi connectivity index (χ1v) is 13.5. The molecule has 9 nitrogen and oxygen atoms in total. The molecule has 2 aromatic rings. The van der Waals surface area contributed by atoms with E-state index in [1.165, 1.54) is 31.1 Å². The lowest BCUT2D eigenvalue weighted by atomic mass is 10.1. The molecule has 2 aromatic carbocycles. The highest BCUT2D eigenvalue weighted by atomic mass is 32.2. The highest BCUT2D eigenvalue weighted by Crippen LogP contribution is 2.22. The van der Waals surface area contributed by atoms with E-state index in [-0.39, 0.29) is 24.1 Å². The number of carbonyl (C=O) groups is 2. The molecule has 0 fully saturated rings. The number of methoxy groups -OCH3 is 1. The van der Waals surface area contributed by atoms with Gasteiger partial charge in [0.15, 0.2) is 0 Å². The van der Waals surface area contributed by atoms with Gasteiger partial charge in [0.2, 0.25) is 11.8 Å². The Morgan fingerprint density at radius 1 is 1.03 bits per heavy atom. The zero-order valence-electron chi connectivity index (χ0n) is 22.3. The fourth-order valence-corrected chi connectivity index (χ4v) is 4.65. The van der Waals surface area contributed by atoms with E-state index < -0.39 is 34.5 Å². The second-order valence-electron chi connectivity index (χ2n) is 9.21. The largest absolute Gasteiger partial charge is 0.497 e. The van der Waals surface area contributed by atoms with E-state index in [9.17, 15) is 22.4 Å². The molecule has 2 amide bonds. The number of anilines is 1.